The van der Waals surface area contributed by atoms with Crippen LogP contribution < -0.4 is 5.01 Å². The normalized spacial score (nSPS) is 14.7. The number of nitroso groups, excluding NO2 is 1. The monoisotopic (exact) mass is 260 g/mol. The summed E-state index contributed by atoms with van der Waals surface area (Å²) in [5.74, 6) is -0.00227. The molecule has 1 heterocycles. The highest BCUT2D eigenvalue weighted by Gasteiger charge is 2.26. The number of anilines is 1. The number of halogens is 1. The number of hydrogen-bond donors (Lipinski definition) is 0. The van der Waals surface area contributed by atoms with Gasteiger partial charge in [-0.1, -0.05) is 35.9 Å². The third-order valence-electron chi connectivity index (χ3n) is 3.17. The molecule has 0 aromatic heterocycles. The molecule has 2 aromatic carbocycles. The lowest BCUT2D eigenvalue weighted by Crippen LogP contribution is -2.27. The molecule has 3 rings (SSSR count). The summed E-state index contributed by atoms with van der Waals surface area (Å²) in [5, 5.41) is 6.44. The molecule has 0 radical (unpaired) electrons. The van der Waals surface area contributed by atoms with Crippen LogP contribution in [0.4, 0.5) is 5.69 Å². The summed E-state index contributed by atoms with van der Waals surface area (Å²) in [4.78, 5) is 22.8. The molecule has 2 aromatic rings. The zero-order chi connectivity index (χ0) is 12.7. The van der Waals surface area contributed by atoms with E-state index >= 15 is 0 Å². The van der Waals surface area contributed by atoms with Crippen LogP contribution in [-0.4, -0.2) is 12.3 Å². The Morgan fingerprint density at radius 1 is 1.22 bits per heavy atom. The summed E-state index contributed by atoms with van der Waals surface area (Å²) in [6.45, 7) is 0.320. The van der Waals surface area contributed by atoms with E-state index < -0.39 is 0 Å². The minimum absolute atomic E-state index is 0.00227. The van der Waals surface area contributed by atoms with Gasteiger partial charge in [0.2, 0.25) is 0 Å². The fourth-order valence-electron chi connectivity index (χ4n) is 2.34. The molecule has 1 aliphatic heterocycles. The number of carbonyl (C=O) groups excluding carboxylic acids is 1. The van der Waals surface area contributed by atoms with Crippen molar-refractivity contribution in [1.29, 1.82) is 0 Å². The van der Waals surface area contributed by atoms with Crippen molar-refractivity contribution < 1.29 is 4.79 Å². The zero-order valence-electron chi connectivity index (χ0n) is 9.39. The molecule has 0 aliphatic carbocycles. The van der Waals surface area contributed by atoms with Crippen LogP contribution in [0.15, 0.2) is 35.6 Å². The summed E-state index contributed by atoms with van der Waals surface area (Å²) in [6, 6.07) is 9.04. The molecule has 4 nitrogen and oxygen atoms in total. The Balaban J connectivity index is 2.44. The maximum absolute atomic E-state index is 11.9. The van der Waals surface area contributed by atoms with E-state index in [0.29, 0.717) is 22.8 Å². The van der Waals surface area contributed by atoms with Crippen LogP contribution in [0.2, 0.25) is 5.02 Å². The topological polar surface area (TPSA) is 49.7 Å². The second-order valence-corrected chi connectivity index (χ2v) is 4.59. The lowest BCUT2D eigenvalue weighted by molar-refractivity contribution is 0.0980. The second-order valence-electron chi connectivity index (χ2n) is 4.18. The van der Waals surface area contributed by atoms with E-state index in [1.807, 2.05) is 24.3 Å². The molecule has 0 atom stereocenters. The maximum atomic E-state index is 11.9. The molecule has 0 fully saturated rings. The molecule has 18 heavy (non-hydrogen) atoms. The molecule has 90 valence electrons. The zero-order valence-corrected chi connectivity index (χ0v) is 10.1. The first-order valence-electron chi connectivity index (χ1n) is 5.57. The van der Waals surface area contributed by atoms with Crippen molar-refractivity contribution in [1.82, 2.24) is 0 Å². The van der Waals surface area contributed by atoms with Gasteiger partial charge in [-0.25, -0.2) is 5.01 Å². The van der Waals surface area contributed by atoms with Crippen LogP contribution in [0.25, 0.3) is 10.8 Å². The van der Waals surface area contributed by atoms with E-state index in [4.69, 9.17) is 11.6 Å². The van der Waals surface area contributed by atoms with Gasteiger partial charge in [0.15, 0.2) is 5.78 Å². The molecule has 0 unspecified atom stereocenters. The van der Waals surface area contributed by atoms with Gasteiger partial charge in [0.05, 0.1) is 17.5 Å². The van der Waals surface area contributed by atoms with Gasteiger partial charge >= 0.3 is 0 Å². The Hall–Kier alpha value is -1.94. The van der Waals surface area contributed by atoms with E-state index in [-0.39, 0.29) is 12.2 Å². The van der Waals surface area contributed by atoms with Crippen molar-refractivity contribution in [3.8, 4) is 0 Å². The second kappa shape index (κ2) is 4.07. The van der Waals surface area contributed by atoms with Gasteiger partial charge in [0.1, 0.15) is 0 Å². The van der Waals surface area contributed by atoms with Crippen LogP contribution in [-0.2, 0) is 0 Å². The molecule has 5 heteroatoms. The first-order valence-corrected chi connectivity index (χ1v) is 5.95. The van der Waals surface area contributed by atoms with Crippen molar-refractivity contribution in [3.63, 3.8) is 0 Å². The summed E-state index contributed by atoms with van der Waals surface area (Å²) in [7, 11) is 0. The van der Waals surface area contributed by atoms with E-state index in [1.165, 1.54) is 5.01 Å². The molecule has 0 saturated heterocycles. The SMILES string of the molecule is O=NN1CCC(=O)c2cc(Cl)c3ccccc3c21. The number of benzene rings is 2. The van der Waals surface area contributed by atoms with Gasteiger partial charge in [-0.2, -0.15) is 0 Å². The number of nitrogens with zero attached hydrogens (tertiary/aromatic N) is 2. The van der Waals surface area contributed by atoms with Gasteiger partial charge in [0, 0.05) is 27.8 Å². The summed E-state index contributed by atoms with van der Waals surface area (Å²) >= 11 is 6.17. The van der Waals surface area contributed by atoms with Crippen LogP contribution in [0.5, 0.6) is 0 Å². The number of ketones is 1. The van der Waals surface area contributed by atoms with Gasteiger partial charge in [0.25, 0.3) is 0 Å². The van der Waals surface area contributed by atoms with Crippen LogP contribution in [0.1, 0.15) is 16.8 Å². The summed E-state index contributed by atoms with van der Waals surface area (Å²) < 4.78 is 0. The molecular formula is C13H9ClN2O2. The molecule has 0 spiro atoms. The molecule has 0 saturated carbocycles. The highest BCUT2D eigenvalue weighted by atomic mass is 35.5. The average Bonchev–Trinajstić information content (AvgIpc) is 2.40. The lowest BCUT2D eigenvalue weighted by atomic mass is 9.96. The van der Waals surface area contributed by atoms with E-state index in [2.05, 4.69) is 5.29 Å². The standard InChI is InChI=1S/C13H9ClN2O2/c14-11-7-10-12(17)5-6-16(15-18)13(10)9-4-2-1-3-8(9)11/h1-4,7H,5-6H2. The van der Waals surface area contributed by atoms with Crippen LogP contribution in [0.3, 0.4) is 0 Å². The smallest absolute Gasteiger partial charge is 0.166 e. The molecular weight excluding hydrogens is 252 g/mol. The molecule has 0 bridgehead atoms. The van der Waals surface area contributed by atoms with Crippen LogP contribution in [0, 0.1) is 4.91 Å². The molecule has 0 N–H and O–H groups in total. The quantitative estimate of drug-likeness (QED) is 0.737. The van der Waals surface area contributed by atoms with E-state index in [1.54, 1.807) is 6.07 Å². The minimum atomic E-state index is -0.00227. The number of Topliss-reactive ketones (excluding diaryl/α,β-unsaturated/α-hetero) is 1. The lowest BCUT2D eigenvalue weighted by Gasteiger charge is -2.25. The van der Waals surface area contributed by atoms with Gasteiger partial charge in [-0.15, -0.1) is 4.91 Å². The minimum Gasteiger partial charge on any atom is -0.294 e. The third-order valence-corrected chi connectivity index (χ3v) is 3.49. The largest absolute Gasteiger partial charge is 0.294 e. The number of fused-ring (bicyclic) bond motifs is 3. The Kier molecular flexibility index (Phi) is 2.52. The number of rotatable bonds is 1. The molecule has 1 aliphatic rings. The third kappa shape index (κ3) is 1.49. The fourth-order valence-corrected chi connectivity index (χ4v) is 2.62. The Morgan fingerprint density at radius 3 is 2.67 bits per heavy atom. The maximum Gasteiger partial charge on any atom is 0.166 e. The van der Waals surface area contributed by atoms with Gasteiger partial charge in [-0.05, 0) is 6.07 Å². The Morgan fingerprint density at radius 2 is 1.94 bits per heavy atom. The summed E-state index contributed by atoms with van der Waals surface area (Å²) in [6.07, 6.45) is 0.285. The highest BCUT2D eigenvalue weighted by molar-refractivity contribution is 6.37. The predicted octanol–water partition coefficient (Wildman–Crippen LogP) is 3.57. The summed E-state index contributed by atoms with van der Waals surface area (Å²) in [5.41, 5.74) is 1.05. The van der Waals surface area contributed by atoms with Crippen molar-refractivity contribution in [2.45, 2.75) is 6.42 Å². The van der Waals surface area contributed by atoms with E-state index in [0.717, 1.165) is 10.8 Å². The van der Waals surface area contributed by atoms with Gasteiger partial charge < -0.3 is 0 Å². The first kappa shape index (κ1) is 11.2. The first-order chi connectivity index (χ1) is 8.72. The average molecular weight is 261 g/mol. The Bertz CT molecular complexity index is 669. The Labute approximate surface area is 108 Å². The van der Waals surface area contributed by atoms with Crippen molar-refractivity contribution >= 4 is 33.8 Å². The molecule has 0 amide bonds. The predicted molar refractivity (Wildman–Crippen MR) is 71.0 cm³/mol. The van der Waals surface area contributed by atoms with Gasteiger partial charge in [-0.3, -0.25) is 4.79 Å². The van der Waals surface area contributed by atoms with E-state index in [9.17, 15) is 9.70 Å². The fraction of sp³-hybridized carbons (Fsp3) is 0.154. The number of carbonyl (C=O) groups is 1. The van der Waals surface area contributed by atoms with Crippen molar-refractivity contribution in [3.05, 3.63) is 45.8 Å². The number of hydrogen-bond acceptors (Lipinski definition) is 3. The van der Waals surface area contributed by atoms with Crippen LogP contribution >= 0.6 is 11.6 Å². The highest BCUT2D eigenvalue weighted by Crippen LogP contribution is 2.38. The van der Waals surface area contributed by atoms with Crippen molar-refractivity contribution in [2.24, 2.45) is 5.29 Å². The van der Waals surface area contributed by atoms with Crippen molar-refractivity contribution in [2.75, 3.05) is 11.6 Å².